The molecule has 150 valence electrons. The lowest BCUT2D eigenvalue weighted by molar-refractivity contribution is -0.117. The van der Waals surface area contributed by atoms with Gasteiger partial charge in [-0.2, -0.15) is 0 Å². The molecule has 6 heteroatoms. The monoisotopic (exact) mass is 399 g/mol. The van der Waals surface area contributed by atoms with Gasteiger partial charge in [-0.3, -0.25) is 10.1 Å². The van der Waals surface area contributed by atoms with Crippen LogP contribution in [-0.4, -0.2) is 23.9 Å². The van der Waals surface area contributed by atoms with Crippen molar-refractivity contribution in [3.63, 3.8) is 0 Å². The van der Waals surface area contributed by atoms with Gasteiger partial charge in [0.25, 0.3) is 5.91 Å². The Kier molecular flexibility index (Phi) is 5.57. The van der Waals surface area contributed by atoms with E-state index in [0.29, 0.717) is 11.4 Å². The Morgan fingerprint density at radius 2 is 1.60 bits per heavy atom. The van der Waals surface area contributed by atoms with Crippen LogP contribution in [0.4, 0.5) is 10.5 Å². The number of hydrogen-bond acceptors (Lipinski definition) is 4. The molecule has 3 aromatic rings. The summed E-state index contributed by atoms with van der Waals surface area (Å²) in [6.07, 6.45) is -2.30. The summed E-state index contributed by atoms with van der Waals surface area (Å²) in [5.41, 5.74) is 3.75. The summed E-state index contributed by atoms with van der Waals surface area (Å²) in [6, 6.07) is 26.4. The number of rotatable bonds is 4. The minimum Gasteiger partial charge on any atom is -0.442 e. The molecule has 0 spiro atoms. The van der Waals surface area contributed by atoms with Gasteiger partial charge in [0.1, 0.15) is 6.10 Å². The summed E-state index contributed by atoms with van der Waals surface area (Å²) in [7, 11) is 0. The molecule has 1 aliphatic rings. The van der Waals surface area contributed by atoms with Crippen LogP contribution in [0.1, 0.15) is 29.7 Å². The molecule has 1 aliphatic heterocycles. The van der Waals surface area contributed by atoms with E-state index in [1.807, 2.05) is 84.9 Å². The van der Waals surface area contributed by atoms with Crippen molar-refractivity contribution in [2.75, 3.05) is 5.32 Å². The first kappa shape index (κ1) is 19.4. The van der Waals surface area contributed by atoms with Crippen LogP contribution in [-0.2, 0) is 9.53 Å². The van der Waals surface area contributed by atoms with E-state index < -0.39 is 24.3 Å². The van der Waals surface area contributed by atoms with Gasteiger partial charge in [0.05, 0.1) is 11.4 Å². The highest BCUT2D eigenvalue weighted by Crippen LogP contribution is 2.24. The van der Waals surface area contributed by atoms with Crippen molar-refractivity contribution in [2.45, 2.75) is 19.2 Å². The lowest BCUT2D eigenvalue weighted by atomic mass is 10.0. The lowest BCUT2D eigenvalue weighted by Gasteiger charge is -2.17. The van der Waals surface area contributed by atoms with Crippen molar-refractivity contribution < 1.29 is 14.3 Å². The molecule has 0 fully saturated rings. The summed E-state index contributed by atoms with van der Waals surface area (Å²) in [5.74, 6) is -0.433. The van der Waals surface area contributed by atoms with E-state index in [2.05, 4.69) is 15.6 Å². The Balaban J connectivity index is 1.60. The molecule has 6 nitrogen and oxygen atoms in total. The number of carbonyl (C=O) groups is 2. The summed E-state index contributed by atoms with van der Waals surface area (Å²) in [6.45, 7) is 1.77. The van der Waals surface area contributed by atoms with Crippen molar-refractivity contribution in [1.82, 2.24) is 5.32 Å². The van der Waals surface area contributed by atoms with E-state index in [4.69, 9.17) is 4.74 Å². The number of nitrogens with zero attached hydrogens (tertiary/aromatic N) is 1. The first-order chi connectivity index (χ1) is 14.6. The number of anilines is 1. The van der Waals surface area contributed by atoms with Crippen LogP contribution in [0.25, 0.3) is 0 Å². The molecule has 0 saturated heterocycles. The lowest BCUT2D eigenvalue weighted by Crippen LogP contribution is -2.42. The smallest absolute Gasteiger partial charge is 0.409 e. The maximum absolute atomic E-state index is 12.8. The van der Waals surface area contributed by atoms with Crippen LogP contribution in [0.5, 0.6) is 0 Å². The molecule has 0 aromatic heterocycles. The molecule has 0 radical (unpaired) electrons. The van der Waals surface area contributed by atoms with Gasteiger partial charge in [-0.1, -0.05) is 78.9 Å². The second kappa shape index (κ2) is 8.61. The Bertz CT molecular complexity index is 1080. The molecule has 2 amide bonds. The maximum atomic E-state index is 12.8. The van der Waals surface area contributed by atoms with Gasteiger partial charge in [0, 0.05) is 11.1 Å². The zero-order valence-corrected chi connectivity index (χ0v) is 16.4. The SMILES string of the molecule is CC(OC(=O)N[C@H]1N=C(c2ccccc2)c2ccccc2NC1=O)c1ccccc1. The van der Waals surface area contributed by atoms with E-state index in [9.17, 15) is 9.59 Å². The zero-order chi connectivity index (χ0) is 20.9. The Hall–Kier alpha value is -3.93. The second-order valence-electron chi connectivity index (χ2n) is 6.88. The van der Waals surface area contributed by atoms with Gasteiger partial charge in [-0.15, -0.1) is 0 Å². The molecule has 0 aliphatic carbocycles. The third-order valence-corrected chi connectivity index (χ3v) is 4.80. The van der Waals surface area contributed by atoms with Crippen LogP contribution in [0.2, 0.25) is 0 Å². The number of para-hydroxylation sites is 1. The van der Waals surface area contributed by atoms with E-state index in [1.165, 1.54) is 0 Å². The fraction of sp³-hybridized carbons (Fsp3) is 0.125. The number of amides is 2. The highest BCUT2D eigenvalue weighted by molar-refractivity contribution is 6.19. The summed E-state index contributed by atoms with van der Waals surface area (Å²) >= 11 is 0. The van der Waals surface area contributed by atoms with Crippen molar-refractivity contribution in [3.05, 3.63) is 102 Å². The molecular formula is C24H21N3O3. The number of nitrogens with one attached hydrogen (secondary N) is 2. The summed E-state index contributed by atoms with van der Waals surface area (Å²) in [5, 5.41) is 5.42. The van der Waals surface area contributed by atoms with Crippen molar-refractivity contribution >= 4 is 23.4 Å². The largest absolute Gasteiger partial charge is 0.442 e. The van der Waals surface area contributed by atoms with Crippen LogP contribution < -0.4 is 10.6 Å². The van der Waals surface area contributed by atoms with Gasteiger partial charge >= 0.3 is 6.09 Å². The fourth-order valence-electron chi connectivity index (χ4n) is 3.28. The highest BCUT2D eigenvalue weighted by Gasteiger charge is 2.28. The van der Waals surface area contributed by atoms with Crippen LogP contribution in [0.3, 0.4) is 0 Å². The Morgan fingerprint density at radius 3 is 2.33 bits per heavy atom. The molecule has 2 N–H and O–H groups in total. The average Bonchev–Trinajstić information content (AvgIpc) is 2.91. The number of carbonyl (C=O) groups excluding carboxylic acids is 2. The summed E-state index contributed by atoms with van der Waals surface area (Å²) in [4.78, 5) is 29.8. The normalized spacial score (nSPS) is 16.4. The quantitative estimate of drug-likeness (QED) is 0.687. The number of hydrogen-bond donors (Lipinski definition) is 2. The third kappa shape index (κ3) is 4.22. The van der Waals surface area contributed by atoms with Crippen LogP contribution in [0, 0.1) is 0 Å². The molecule has 3 aromatic carbocycles. The predicted octanol–water partition coefficient (Wildman–Crippen LogP) is 4.29. The van der Waals surface area contributed by atoms with Crippen molar-refractivity contribution in [3.8, 4) is 0 Å². The molecule has 30 heavy (non-hydrogen) atoms. The van der Waals surface area contributed by atoms with Crippen molar-refractivity contribution in [1.29, 1.82) is 0 Å². The predicted molar refractivity (Wildman–Crippen MR) is 115 cm³/mol. The Morgan fingerprint density at radius 1 is 0.967 bits per heavy atom. The fourth-order valence-corrected chi connectivity index (χ4v) is 3.28. The summed E-state index contributed by atoms with van der Waals surface area (Å²) < 4.78 is 5.45. The minimum absolute atomic E-state index is 0.433. The first-order valence-electron chi connectivity index (χ1n) is 9.67. The topological polar surface area (TPSA) is 79.8 Å². The van der Waals surface area contributed by atoms with Crippen LogP contribution >= 0.6 is 0 Å². The molecule has 1 unspecified atom stereocenters. The number of benzene rings is 3. The first-order valence-corrected chi connectivity index (χ1v) is 9.67. The molecule has 1 heterocycles. The van der Waals surface area contributed by atoms with Crippen LogP contribution in [0.15, 0.2) is 89.9 Å². The van der Waals surface area contributed by atoms with Gasteiger partial charge in [-0.25, -0.2) is 9.79 Å². The Labute approximate surface area is 174 Å². The molecular weight excluding hydrogens is 378 g/mol. The standard InChI is InChI=1S/C24H21N3O3/c1-16(17-10-4-2-5-11-17)30-24(29)27-22-23(28)25-20-15-9-8-14-19(20)21(26-22)18-12-6-3-7-13-18/h2-16,22H,1H3,(H,25,28)(H,27,29)/t16?,22-/m1/s1. The number of fused-ring (bicyclic) bond motifs is 1. The third-order valence-electron chi connectivity index (χ3n) is 4.80. The van der Waals surface area contributed by atoms with Gasteiger partial charge < -0.3 is 10.1 Å². The van der Waals surface area contributed by atoms with Gasteiger partial charge in [-0.05, 0) is 18.6 Å². The molecule has 2 atom stereocenters. The van der Waals surface area contributed by atoms with Crippen molar-refractivity contribution in [2.24, 2.45) is 4.99 Å². The maximum Gasteiger partial charge on any atom is 0.409 e. The minimum atomic E-state index is -1.12. The zero-order valence-electron chi connectivity index (χ0n) is 16.4. The number of aliphatic imine (C=N–C) groups is 1. The number of benzodiazepines with no additional fused rings is 1. The van der Waals surface area contributed by atoms with Gasteiger partial charge in [0.2, 0.25) is 6.17 Å². The second-order valence-corrected chi connectivity index (χ2v) is 6.88. The molecule has 4 rings (SSSR count). The molecule has 0 saturated carbocycles. The van der Waals surface area contributed by atoms with E-state index >= 15 is 0 Å². The molecule has 0 bridgehead atoms. The number of alkyl carbamates (subject to hydrolysis) is 1. The highest BCUT2D eigenvalue weighted by atomic mass is 16.6. The van der Waals surface area contributed by atoms with Gasteiger partial charge in [0.15, 0.2) is 0 Å². The van der Waals surface area contributed by atoms with E-state index in [0.717, 1.165) is 16.7 Å². The average molecular weight is 399 g/mol. The van der Waals surface area contributed by atoms with E-state index in [1.54, 1.807) is 6.92 Å². The number of ether oxygens (including phenoxy) is 1. The van der Waals surface area contributed by atoms with E-state index in [-0.39, 0.29) is 0 Å².